The summed E-state index contributed by atoms with van der Waals surface area (Å²) in [4.78, 5) is 14.6. The number of benzene rings is 1. The maximum Gasteiger partial charge on any atom is 0.237 e. The van der Waals surface area contributed by atoms with Crippen LogP contribution < -0.4 is 5.32 Å². The molecule has 1 atom stereocenters. The Balaban J connectivity index is 1.94. The molecule has 1 N–H and O–H groups in total. The normalized spacial score (nSPS) is 15.9. The third-order valence-electron chi connectivity index (χ3n) is 3.74. The molecule has 0 bridgehead atoms. The quantitative estimate of drug-likeness (QED) is 0.859. The minimum absolute atomic E-state index is 0.0129. The van der Waals surface area contributed by atoms with E-state index in [1.807, 2.05) is 39.0 Å². The summed E-state index contributed by atoms with van der Waals surface area (Å²) in [6.45, 7) is 7.98. The molecule has 1 heterocycles. The molecule has 2 rings (SSSR count). The molecule has 0 saturated carbocycles. The summed E-state index contributed by atoms with van der Waals surface area (Å²) >= 11 is 6.92. The Hall–Kier alpha value is -1.07. The number of hydrogen-bond donors (Lipinski definition) is 1. The van der Waals surface area contributed by atoms with Crippen LogP contribution in [0.5, 0.6) is 0 Å². The van der Waals surface area contributed by atoms with E-state index in [2.05, 4.69) is 10.2 Å². The Labute approximate surface area is 136 Å². The highest BCUT2D eigenvalue weighted by atomic mass is 32.2. The van der Waals surface area contributed by atoms with Crippen LogP contribution in [0.4, 0.5) is 5.69 Å². The Morgan fingerprint density at radius 2 is 1.86 bits per heavy atom. The Morgan fingerprint density at radius 3 is 2.43 bits per heavy atom. The summed E-state index contributed by atoms with van der Waals surface area (Å²) in [7, 11) is 0. The average molecular weight is 322 g/mol. The van der Waals surface area contributed by atoms with Crippen molar-refractivity contribution in [2.24, 2.45) is 0 Å². The molecule has 3 nitrogen and oxygen atoms in total. The monoisotopic (exact) mass is 322 g/mol. The molecule has 1 aromatic rings. The van der Waals surface area contributed by atoms with Crippen molar-refractivity contribution in [3.8, 4) is 0 Å². The molecule has 1 aliphatic rings. The van der Waals surface area contributed by atoms with Crippen molar-refractivity contribution in [1.82, 2.24) is 4.90 Å². The highest BCUT2D eigenvalue weighted by Gasteiger charge is 2.21. The van der Waals surface area contributed by atoms with Crippen LogP contribution in [-0.4, -0.2) is 33.5 Å². The Kier molecular flexibility index (Phi) is 5.65. The number of anilines is 1. The van der Waals surface area contributed by atoms with Crippen LogP contribution in [0.1, 0.15) is 30.9 Å². The van der Waals surface area contributed by atoms with Crippen molar-refractivity contribution < 1.29 is 4.79 Å². The number of rotatable bonds is 3. The number of nitrogens with zero attached hydrogens (tertiary/aromatic N) is 1. The van der Waals surface area contributed by atoms with Crippen molar-refractivity contribution in [2.45, 2.75) is 38.9 Å². The van der Waals surface area contributed by atoms with E-state index in [0.717, 1.165) is 34.2 Å². The summed E-state index contributed by atoms with van der Waals surface area (Å²) in [5.41, 5.74) is 3.09. The first kappa shape index (κ1) is 16.3. The van der Waals surface area contributed by atoms with Gasteiger partial charge in [0.25, 0.3) is 0 Å². The lowest BCUT2D eigenvalue weighted by Gasteiger charge is -2.21. The highest BCUT2D eigenvalue weighted by Crippen LogP contribution is 2.24. The second-order valence-corrected chi connectivity index (χ2v) is 7.45. The zero-order valence-electron chi connectivity index (χ0n) is 12.8. The number of amides is 1. The van der Waals surface area contributed by atoms with Gasteiger partial charge in [-0.15, -0.1) is 0 Å². The Morgan fingerprint density at radius 1 is 1.29 bits per heavy atom. The highest BCUT2D eigenvalue weighted by molar-refractivity contribution is 8.23. The molecule has 1 saturated heterocycles. The van der Waals surface area contributed by atoms with Gasteiger partial charge in [0.05, 0.1) is 5.25 Å². The van der Waals surface area contributed by atoms with Crippen LogP contribution in [0, 0.1) is 13.8 Å². The zero-order chi connectivity index (χ0) is 15.4. The lowest BCUT2D eigenvalue weighted by atomic mass is 10.1. The van der Waals surface area contributed by atoms with E-state index in [1.54, 1.807) is 0 Å². The number of hydrogen-bond acceptors (Lipinski definition) is 3. The third kappa shape index (κ3) is 4.20. The smallest absolute Gasteiger partial charge is 0.237 e. The van der Waals surface area contributed by atoms with Gasteiger partial charge in [0, 0.05) is 18.8 Å². The number of thiocarbonyl (C=S) groups is 1. The van der Waals surface area contributed by atoms with Crippen molar-refractivity contribution in [3.05, 3.63) is 29.3 Å². The van der Waals surface area contributed by atoms with Crippen LogP contribution in [0.25, 0.3) is 0 Å². The minimum atomic E-state index is -0.183. The number of thioether (sulfide) groups is 1. The van der Waals surface area contributed by atoms with Gasteiger partial charge in [-0.3, -0.25) is 4.79 Å². The van der Waals surface area contributed by atoms with Crippen molar-refractivity contribution in [2.75, 3.05) is 18.4 Å². The largest absolute Gasteiger partial charge is 0.358 e. The van der Waals surface area contributed by atoms with Gasteiger partial charge in [-0.1, -0.05) is 42.2 Å². The van der Waals surface area contributed by atoms with Crippen LogP contribution in [0.2, 0.25) is 0 Å². The third-order valence-corrected chi connectivity index (χ3v) is 5.31. The van der Waals surface area contributed by atoms with Gasteiger partial charge in [-0.25, -0.2) is 0 Å². The van der Waals surface area contributed by atoms with E-state index in [4.69, 9.17) is 12.2 Å². The maximum atomic E-state index is 12.4. The van der Waals surface area contributed by atoms with E-state index >= 15 is 0 Å². The standard InChI is InChI=1S/C16H22N2OS2/c1-11-7-6-8-12(2)14(11)17-15(19)13(3)21-16(20)18-9-4-5-10-18/h6-8,13H,4-5,9-10H2,1-3H3,(H,17,19)/t13-/m0/s1. The lowest BCUT2D eigenvalue weighted by Crippen LogP contribution is -2.29. The Bertz CT molecular complexity index is 519. The number of nitrogens with one attached hydrogen (secondary N) is 1. The van der Waals surface area contributed by atoms with Gasteiger partial charge in [0.1, 0.15) is 4.32 Å². The summed E-state index contributed by atoms with van der Waals surface area (Å²) < 4.78 is 0.844. The van der Waals surface area contributed by atoms with Gasteiger partial charge >= 0.3 is 0 Å². The molecule has 0 aromatic heterocycles. The zero-order valence-corrected chi connectivity index (χ0v) is 14.4. The predicted molar refractivity (Wildman–Crippen MR) is 95.0 cm³/mol. The topological polar surface area (TPSA) is 32.3 Å². The molecule has 0 unspecified atom stereocenters. The van der Waals surface area contributed by atoms with Crippen molar-refractivity contribution in [1.29, 1.82) is 0 Å². The molecule has 1 fully saturated rings. The fourth-order valence-electron chi connectivity index (χ4n) is 2.42. The molecule has 1 amide bonds. The molecular formula is C16H22N2OS2. The van der Waals surface area contributed by atoms with Crippen molar-refractivity contribution in [3.63, 3.8) is 0 Å². The second-order valence-electron chi connectivity index (χ2n) is 5.48. The predicted octanol–water partition coefficient (Wildman–Crippen LogP) is 3.74. The molecule has 21 heavy (non-hydrogen) atoms. The van der Waals surface area contributed by atoms with Gasteiger partial charge in [-0.2, -0.15) is 0 Å². The maximum absolute atomic E-state index is 12.4. The van der Waals surface area contributed by atoms with E-state index in [-0.39, 0.29) is 11.2 Å². The SMILES string of the molecule is Cc1cccc(C)c1NC(=O)[C@H](C)SC(=S)N1CCCC1. The fourth-order valence-corrected chi connectivity index (χ4v) is 3.83. The van der Waals surface area contributed by atoms with Gasteiger partial charge in [0.15, 0.2) is 0 Å². The van der Waals surface area contributed by atoms with Crippen LogP contribution in [0.15, 0.2) is 18.2 Å². The minimum Gasteiger partial charge on any atom is -0.358 e. The first-order valence-corrected chi connectivity index (χ1v) is 8.60. The molecule has 1 aromatic carbocycles. The lowest BCUT2D eigenvalue weighted by molar-refractivity contribution is -0.115. The van der Waals surface area contributed by atoms with Crippen LogP contribution in [0.3, 0.4) is 0 Å². The molecular weight excluding hydrogens is 300 g/mol. The van der Waals surface area contributed by atoms with Crippen LogP contribution >= 0.6 is 24.0 Å². The molecule has 5 heteroatoms. The second kappa shape index (κ2) is 7.27. The summed E-state index contributed by atoms with van der Waals surface area (Å²) in [5, 5.41) is 2.85. The number of likely N-dealkylation sites (tertiary alicyclic amines) is 1. The number of aryl methyl sites for hydroxylation is 2. The van der Waals surface area contributed by atoms with Gasteiger partial charge in [-0.05, 0) is 44.7 Å². The average Bonchev–Trinajstić information content (AvgIpc) is 2.97. The summed E-state index contributed by atoms with van der Waals surface area (Å²) in [6, 6.07) is 6.02. The van der Waals surface area contributed by atoms with Crippen molar-refractivity contribution >= 4 is 39.9 Å². The number of para-hydroxylation sites is 1. The molecule has 0 aliphatic carbocycles. The summed E-state index contributed by atoms with van der Waals surface area (Å²) in [5.74, 6) is 0.0129. The first-order valence-electron chi connectivity index (χ1n) is 7.31. The van der Waals surface area contributed by atoms with E-state index in [9.17, 15) is 4.79 Å². The number of carbonyl (C=O) groups is 1. The van der Waals surface area contributed by atoms with Gasteiger partial charge in [0.2, 0.25) is 5.91 Å². The molecule has 0 spiro atoms. The van der Waals surface area contributed by atoms with Gasteiger partial charge < -0.3 is 10.2 Å². The molecule has 1 aliphatic heterocycles. The summed E-state index contributed by atoms with van der Waals surface area (Å²) in [6.07, 6.45) is 2.40. The van der Waals surface area contributed by atoms with E-state index in [1.165, 1.54) is 24.6 Å². The van der Waals surface area contributed by atoms with Crippen LogP contribution in [-0.2, 0) is 4.79 Å². The molecule has 114 valence electrons. The fraction of sp³-hybridized carbons (Fsp3) is 0.500. The first-order chi connectivity index (χ1) is 9.99. The molecule has 0 radical (unpaired) electrons. The van der Waals surface area contributed by atoms with E-state index < -0.39 is 0 Å². The van der Waals surface area contributed by atoms with E-state index in [0.29, 0.717) is 0 Å². The number of carbonyl (C=O) groups excluding carboxylic acids is 1.